The third-order valence-electron chi connectivity index (χ3n) is 19.3. The molecule has 4 aliphatic rings. The zero-order valence-electron chi connectivity index (χ0n) is 78.4. The Balaban J connectivity index is 0.000000290. The molecule has 0 unspecified atom stereocenters. The van der Waals surface area contributed by atoms with Crippen molar-refractivity contribution < 1.29 is 135 Å². The third-order valence-corrected chi connectivity index (χ3v) is 28.1. The maximum absolute atomic E-state index is 12.7. The molecule has 0 atom stereocenters. The molecule has 12 N–H and O–H groups in total. The minimum Gasteiger partial charge on any atom is -0.497 e. The summed E-state index contributed by atoms with van der Waals surface area (Å²) < 4.78 is 30.9. The first kappa shape index (κ1) is 119. The normalized spacial score (nSPS) is 12.6. The molecule has 49 heteroatoms. The molecule has 0 aromatic heterocycles. The van der Waals surface area contributed by atoms with Crippen LogP contribution >= 0.6 is 76.5 Å². The van der Waals surface area contributed by atoms with E-state index in [1.165, 1.54) is 93.0 Å². The number of nitrogens with one attached hydrogen (secondary N) is 8. The smallest absolute Gasteiger partial charge is 0.497 e. The summed E-state index contributed by atoms with van der Waals surface area (Å²) in [6, 6.07) is 44.1. The summed E-state index contributed by atoms with van der Waals surface area (Å²) in [5.74, 6) is -0.425. The first-order valence-corrected chi connectivity index (χ1v) is 52.6. The van der Waals surface area contributed by atoms with E-state index in [2.05, 4.69) is 78.9 Å². The Hall–Kier alpha value is -14.1. The minimum atomic E-state index is -0.990. The maximum Gasteiger partial charge on any atom is 0.514 e. The van der Waals surface area contributed by atoms with Crippen molar-refractivity contribution in [1.82, 2.24) is 57.2 Å². The molecule has 42 nitrogen and oxygen atoms in total. The Morgan fingerprint density at radius 3 is 1.29 bits per heavy atom. The molecule has 0 bridgehead atoms. The highest BCUT2D eigenvalue weighted by molar-refractivity contribution is 8.77. The first-order chi connectivity index (χ1) is 69.2. The molecule has 3 heterocycles. The summed E-state index contributed by atoms with van der Waals surface area (Å²) >= 11 is 1.74. The van der Waals surface area contributed by atoms with Crippen LogP contribution in [0.25, 0.3) is 0 Å². The van der Waals surface area contributed by atoms with Gasteiger partial charge in [0.25, 0.3) is 47.0 Å². The number of carboxylic acid groups (broad SMARTS) is 2. The molecular weight excluding hydrogens is 2010 g/mol. The first-order valence-electron chi connectivity index (χ1n) is 44.2. The predicted molar refractivity (Wildman–Crippen MR) is 544 cm³/mol. The molecule has 15 amide bonds. The summed E-state index contributed by atoms with van der Waals surface area (Å²) in [4.78, 5) is 229. The number of amides is 15. The van der Waals surface area contributed by atoms with Crippen LogP contribution < -0.4 is 72.0 Å². The van der Waals surface area contributed by atoms with Crippen molar-refractivity contribution in [3.63, 3.8) is 0 Å². The molecule has 0 saturated carbocycles. The molecule has 1 aliphatic carbocycles. The molecule has 0 saturated heterocycles. The van der Waals surface area contributed by atoms with Crippen LogP contribution in [0.15, 0.2) is 200 Å². The molecule has 3 aliphatic heterocycles. The Labute approximate surface area is 856 Å². The number of aliphatic carboxylic acids is 2. The molecule has 770 valence electrons. The van der Waals surface area contributed by atoms with Crippen molar-refractivity contribution in [2.75, 3.05) is 133 Å². The number of non-ortho nitro benzene ring substituents is 1. The number of imide groups is 3. The van der Waals surface area contributed by atoms with Gasteiger partial charge in [-0.1, -0.05) is 156 Å². The number of benzene rings is 6. The van der Waals surface area contributed by atoms with E-state index in [-0.39, 0.29) is 166 Å². The Bertz CT molecular complexity index is 5340. The van der Waals surface area contributed by atoms with E-state index in [9.17, 15) is 101 Å². The van der Waals surface area contributed by atoms with Gasteiger partial charge in [0.05, 0.1) is 49.1 Å². The van der Waals surface area contributed by atoms with Gasteiger partial charge in [-0.05, 0) is 94.9 Å². The summed E-state index contributed by atoms with van der Waals surface area (Å²) in [6.45, 7) is 4.97. The zero-order valence-corrected chi connectivity index (χ0v) is 84.1. The zero-order chi connectivity index (χ0) is 105. The van der Waals surface area contributed by atoms with E-state index in [0.29, 0.717) is 79.9 Å². The van der Waals surface area contributed by atoms with E-state index >= 15 is 0 Å². The van der Waals surface area contributed by atoms with Gasteiger partial charge in [-0.2, -0.15) is 0 Å². The quantitative estimate of drug-likeness (QED) is 0.00165. The fourth-order valence-corrected chi connectivity index (χ4v) is 19.2. The van der Waals surface area contributed by atoms with Crippen molar-refractivity contribution in [3.05, 3.63) is 238 Å². The average Bonchev–Trinajstić information content (AvgIpc) is 0.975. The van der Waals surface area contributed by atoms with E-state index in [0.717, 1.165) is 72.3 Å². The van der Waals surface area contributed by atoms with Gasteiger partial charge in [0.2, 0.25) is 23.6 Å². The van der Waals surface area contributed by atoms with Gasteiger partial charge in [0.15, 0.2) is 29.7 Å². The van der Waals surface area contributed by atoms with Crippen molar-refractivity contribution >= 4 is 195 Å². The number of primary amides is 1. The molecule has 144 heavy (non-hydrogen) atoms. The maximum atomic E-state index is 12.7. The monoisotopic (exact) mass is 2120 g/mol. The number of carboxylic acids is 2. The molecule has 0 radical (unpaired) electrons. The number of carbonyl (C=O) groups is 19. The number of esters is 1. The lowest BCUT2D eigenvalue weighted by Gasteiger charge is -2.35. The number of nitrogens with two attached hydrogens (primary N) is 1. The van der Waals surface area contributed by atoms with Crippen LogP contribution in [-0.2, 0) is 99.2 Å². The number of nitro benzene ring substituents is 1. The second-order valence-corrected chi connectivity index (χ2v) is 39.2. The predicted octanol–water partition coefficient (Wildman–Crippen LogP) is 7.85. The second kappa shape index (κ2) is 66.6. The lowest BCUT2D eigenvalue weighted by atomic mass is 9.84. The topological polar surface area (TPSA) is 595 Å². The highest BCUT2D eigenvalue weighted by Gasteiger charge is 2.38. The second-order valence-electron chi connectivity index (χ2n) is 29.7. The van der Waals surface area contributed by atoms with Crippen LogP contribution in [0.3, 0.4) is 0 Å². The summed E-state index contributed by atoms with van der Waals surface area (Å²) in [6.07, 6.45) is 8.70. The van der Waals surface area contributed by atoms with Crippen LogP contribution in [0.4, 0.5) is 20.1 Å². The number of hydrogen-bond donors (Lipinski definition) is 11. The number of thioether (sulfide) groups is 1. The SMILES string of the molecule is CC(=O)NCCSSCCNC(=O)NCCC(=O)O.COc1cc(CC(=O)O)ccc1OC(=O)CCN1C(=O)C=CC1=O.COc1ccc(C(SCCNC(=O)COc2ccc(COC(=O)Oc3ccc([N+](=O)[O-])cc3)cc2)(c2ccccc2)c2ccccc2)cc1.NC(=O)NCCSSCCNC(=O)CCN1C(=O)C=CC1=O.O=C(CCC1C(=O)C=CC1=O)NCCSSCCNC(=O)CCN1C(=O)C=CC1=O. The number of allylic oxidation sites excluding steroid dienone is 2. The summed E-state index contributed by atoms with van der Waals surface area (Å²) in [7, 11) is 12.5. The number of hydrogen-bond acceptors (Lipinski definition) is 34. The highest BCUT2D eigenvalue weighted by Crippen LogP contribution is 2.49. The van der Waals surface area contributed by atoms with Crippen molar-refractivity contribution in [3.8, 4) is 28.7 Å². The third kappa shape index (κ3) is 45.8. The van der Waals surface area contributed by atoms with Crippen LogP contribution in [0.2, 0.25) is 0 Å². The minimum absolute atomic E-state index is 0.0368. The lowest BCUT2D eigenvalue weighted by molar-refractivity contribution is -0.384. The van der Waals surface area contributed by atoms with E-state index in [1.807, 2.05) is 48.5 Å². The Morgan fingerprint density at radius 2 is 0.840 bits per heavy atom. The fraction of sp³-hybridized carbons (Fsp3) is 0.337. The molecule has 0 spiro atoms. The molecule has 6 aromatic carbocycles. The van der Waals surface area contributed by atoms with Crippen LogP contribution in [0.1, 0.15) is 73.3 Å². The number of nitro groups is 1. The van der Waals surface area contributed by atoms with Gasteiger partial charge >= 0.3 is 36.1 Å². The molecule has 10 rings (SSSR count). The van der Waals surface area contributed by atoms with Crippen LogP contribution in [-0.4, -0.2) is 276 Å². The van der Waals surface area contributed by atoms with E-state index in [1.54, 1.807) is 108 Å². The van der Waals surface area contributed by atoms with Crippen LogP contribution in [0.5, 0.6) is 28.7 Å². The van der Waals surface area contributed by atoms with E-state index in [4.69, 9.17) is 44.4 Å². The number of nitrogens with zero attached hydrogens (tertiary/aromatic N) is 4. The van der Waals surface area contributed by atoms with Gasteiger partial charge in [-0.3, -0.25) is 102 Å². The van der Waals surface area contributed by atoms with Gasteiger partial charge in [-0.25, -0.2) is 14.4 Å². The van der Waals surface area contributed by atoms with Crippen LogP contribution in [0, 0.1) is 16.0 Å². The van der Waals surface area contributed by atoms with Gasteiger partial charge in [0.1, 0.15) is 23.9 Å². The van der Waals surface area contributed by atoms with Crippen molar-refractivity contribution in [1.29, 1.82) is 0 Å². The number of ketones is 2. The standard InChI is InChI=1S/C38H34N2O8S.C19H23N3O6S2.C16H15NO7.C12H18N4O4S2.C10H19N3O4S2/c1-45-33-20-14-31(15-21-33)38(29-8-4-2-5-9-29,30-10-6-3-7-11-30)49-25-24-39-36(41)27-46-34-18-12-28(13-19-34)26-47-37(42)48-35-22-16-32(17-23-35)40(43)44;23-14-2-3-15(24)13(14)1-4-16(25)20-8-11-29-30-12-9-21-17(26)7-10-22-18(27)5-6-19(22)28;1-23-12-8-10(9-15(20)21)2-3-11(12)24-16(22)6-7-17-13(18)4-5-14(17)19;13-12(20)15-5-8-22-21-7-4-14-9(17)3-6-16-10(18)1-2-11(16)19;1-8(14)11-4-6-18-19-7-5-13-10(17)12-3-2-9(15)16/h2-23H,24-27H2,1H3,(H,39,41);2-3,5-6,13H,1,4,7-12H2,(H,20,25)(H,21,26);2-5,8H,6-7,9H2,1H3,(H,20,21);1-2H,3-8H2,(H,14,17)(H3,13,15,20);2-7H2,1H3,(H,11,14)(H,15,16)(H2,12,13,17). The molecule has 0 fully saturated rings. The van der Waals surface area contributed by atoms with E-state index < -0.39 is 69.3 Å². The summed E-state index contributed by atoms with van der Waals surface area (Å²) in [5, 5.41) is 49.3. The number of urea groups is 2. The Kier molecular flexibility index (Phi) is 54.8. The largest absolute Gasteiger partial charge is 0.514 e. The highest BCUT2D eigenvalue weighted by atomic mass is 33.1. The lowest BCUT2D eigenvalue weighted by Crippen LogP contribution is -2.37. The number of ether oxygens (including phenoxy) is 6. The number of methoxy groups -OCH3 is 2. The Morgan fingerprint density at radius 1 is 0.424 bits per heavy atom. The van der Waals surface area contributed by atoms with Crippen molar-refractivity contribution in [2.45, 2.75) is 63.2 Å². The van der Waals surface area contributed by atoms with Gasteiger partial charge < -0.3 is 86.9 Å². The van der Waals surface area contributed by atoms with Crippen molar-refractivity contribution in [2.24, 2.45) is 11.7 Å². The average molecular weight is 2120 g/mol. The van der Waals surface area contributed by atoms with Gasteiger partial charge in [0, 0.05) is 187 Å². The summed E-state index contributed by atoms with van der Waals surface area (Å²) in [5.41, 5.74) is 9.32. The fourth-order valence-electron chi connectivity index (χ4n) is 12.4. The number of carbonyl (C=O) groups excluding carboxylic acids is 17. The molecule has 6 aromatic rings. The van der Waals surface area contributed by atoms with Gasteiger partial charge in [-0.15, -0.1) is 11.8 Å². The molecular formula is C95H109N13O29S7. The number of rotatable bonds is 55.